The summed E-state index contributed by atoms with van der Waals surface area (Å²) >= 11 is 0. The summed E-state index contributed by atoms with van der Waals surface area (Å²) in [5.74, 6) is -1.17. The number of amides is 1. The number of ether oxygens (including phenoxy) is 1. The number of carbonyl (C=O) groups excluding carboxylic acids is 1. The lowest BCUT2D eigenvalue weighted by Gasteiger charge is -2.58. The number of carbonyl (C=O) groups is 1. The van der Waals surface area contributed by atoms with Crippen LogP contribution in [-0.4, -0.2) is 115 Å². The van der Waals surface area contributed by atoms with E-state index < -0.39 is 52.7 Å². The van der Waals surface area contributed by atoms with Gasteiger partial charge >= 0.3 is 5.69 Å². The van der Waals surface area contributed by atoms with Gasteiger partial charge in [0.15, 0.2) is 9.84 Å². The van der Waals surface area contributed by atoms with E-state index in [0.29, 0.717) is 49.1 Å². The number of nitrogens with one attached hydrogen (secondary N) is 3. The minimum atomic E-state index is -4.72. The number of sulfonamides is 1. The van der Waals surface area contributed by atoms with E-state index >= 15 is 0 Å². The number of fused-ring (bicyclic) bond motifs is 1. The predicted molar refractivity (Wildman–Crippen MR) is 291 cm³/mol. The van der Waals surface area contributed by atoms with Crippen LogP contribution in [0.2, 0.25) is 0 Å². The monoisotopic (exact) mass is 1090 g/mol. The molecule has 408 valence electrons. The zero-order valence-electron chi connectivity index (χ0n) is 43.7. The Kier molecular flexibility index (Phi) is 14.9. The average Bonchev–Trinajstić information content (AvgIpc) is 3.78. The largest absolute Gasteiger partial charge is 0.455 e. The highest BCUT2D eigenvalue weighted by Gasteiger charge is 2.50. The first kappa shape index (κ1) is 53.9. The first-order valence-corrected chi connectivity index (χ1v) is 29.7. The molecule has 5 heterocycles. The van der Waals surface area contributed by atoms with Crippen LogP contribution in [0, 0.1) is 27.3 Å². The number of H-pyrrole nitrogens is 1. The van der Waals surface area contributed by atoms with Gasteiger partial charge < -0.3 is 25.0 Å². The zero-order chi connectivity index (χ0) is 54.4. The Morgan fingerprint density at radius 3 is 2.36 bits per heavy atom. The molecule has 0 radical (unpaired) electrons. The number of piperazine rings is 1. The summed E-state index contributed by atoms with van der Waals surface area (Å²) in [6.45, 7) is 11.4. The molecule has 2 saturated carbocycles. The maximum atomic E-state index is 14.7. The summed E-state index contributed by atoms with van der Waals surface area (Å²) in [5, 5.41) is 25.7. The Bertz CT molecular complexity index is 3400. The smallest absolute Gasteiger partial charge is 0.312 e. The number of piperidine rings is 1. The number of aromatic nitrogens is 3. The number of anilines is 2. The van der Waals surface area contributed by atoms with Crippen LogP contribution in [0.4, 0.5) is 21.6 Å². The van der Waals surface area contributed by atoms with Crippen molar-refractivity contribution in [3.63, 3.8) is 0 Å². The molecule has 6 aromatic rings. The Morgan fingerprint density at radius 2 is 1.66 bits per heavy atom. The van der Waals surface area contributed by atoms with Gasteiger partial charge in [0, 0.05) is 88.2 Å². The molecular weight excluding hydrogens is 1030 g/mol. The summed E-state index contributed by atoms with van der Waals surface area (Å²) < 4.78 is 75.0. The third-order valence-electron chi connectivity index (χ3n) is 16.4. The van der Waals surface area contributed by atoms with Gasteiger partial charge in [0.2, 0.25) is 5.82 Å². The predicted octanol–water partition coefficient (Wildman–Crippen LogP) is 9.10. The Morgan fingerprint density at radius 1 is 0.935 bits per heavy atom. The van der Waals surface area contributed by atoms with Gasteiger partial charge in [0.1, 0.15) is 27.9 Å². The normalized spacial score (nSPS) is 21.5. The van der Waals surface area contributed by atoms with Crippen molar-refractivity contribution in [2.75, 3.05) is 55.7 Å². The molecule has 10 rings (SSSR count). The van der Waals surface area contributed by atoms with E-state index in [0.717, 1.165) is 88.5 Å². The van der Waals surface area contributed by atoms with Crippen molar-refractivity contribution in [3.05, 3.63) is 136 Å². The molecule has 77 heavy (non-hydrogen) atoms. The van der Waals surface area contributed by atoms with E-state index in [1.807, 2.05) is 12.1 Å². The van der Waals surface area contributed by atoms with Crippen molar-refractivity contribution in [3.8, 4) is 11.5 Å². The van der Waals surface area contributed by atoms with Crippen LogP contribution in [0.5, 0.6) is 11.5 Å². The number of nitro groups is 1. The highest BCUT2D eigenvalue weighted by molar-refractivity contribution is 7.90. The number of halogens is 1. The van der Waals surface area contributed by atoms with Gasteiger partial charge in [-0.15, -0.1) is 0 Å². The molecule has 3 aromatic carbocycles. The van der Waals surface area contributed by atoms with Crippen molar-refractivity contribution >= 4 is 54.0 Å². The molecular formula is C56H66FN9O9S2. The number of aliphatic hydroxyl groups is 1. The molecule has 2 saturated heterocycles. The van der Waals surface area contributed by atoms with Crippen molar-refractivity contribution in [1.29, 1.82) is 0 Å². The van der Waals surface area contributed by atoms with Crippen LogP contribution in [0.15, 0.2) is 107 Å². The molecule has 2 aliphatic heterocycles. The van der Waals surface area contributed by atoms with E-state index in [9.17, 15) is 41.2 Å². The van der Waals surface area contributed by atoms with E-state index in [2.05, 4.69) is 77.8 Å². The molecule has 3 aromatic heterocycles. The number of hydrogen-bond acceptors (Lipinski definition) is 15. The highest BCUT2D eigenvalue weighted by atomic mass is 32.2. The molecule has 1 spiro atoms. The second-order valence-corrected chi connectivity index (χ2v) is 26.0. The molecule has 18 nitrogen and oxygen atoms in total. The topological polar surface area (TPSA) is 233 Å². The van der Waals surface area contributed by atoms with Gasteiger partial charge in [-0.3, -0.25) is 24.7 Å². The van der Waals surface area contributed by atoms with Crippen LogP contribution in [0.1, 0.15) is 111 Å². The van der Waals surface area contributed by atoms with Gasteiger partial charge in [-0.1, -0.05) is 50.2 Å². The van der Waals surface area contributed by atoms with Gasteiger partial charge in [-0.2, -0.15) is 0 Å². The second kappa shape index (κ2) is 21.4. The molecule has 1 atom stereocenters. The highest BCUT2D eigenvalue weighted by Crippen LogP contribution is 2.53. The number of sulfone groups is 1. The molecule has 0 unspecified atom stereocenters. The fraction of sp³-hybridized carbons (Fsp3) is 0.446. The first-order chi connectivity index (χ1) is 36.6. The van der Waals surface area contributed by atoms with Gasteiger partial charge in [-0.25, -0.2) is 35.9 Å². The number of benzene rings is 3. The maximum Gasteiger partial charge on any atom is 0.312 e. The van der Waals surface area contributed by atoms with Crippen LogP contribution in [0.3, 0.4) is 0 Å². The average molecular weight is 1090 g/mol. The summed E-state index contributed by atoms with van der Waals surface area (Å²) in [6.07, 6.45) is 11.3. The second-order valence-electron chi connectivity index (χ2n) is 22.3. The van der Waals surface area contributed by atoms with Crippen molar-refractivity contribution in [2.45, 2.75) is 112 Å². The molecule has 1 amide bonds. The van der Waals surface area contributed by atoms with Crippen LogP contribution >= 0.6 is 0 Å². The van der Waals surface area contributed by atoms with Crippen molar-refractivity contribution in [1.82, 2.24) is 29.5 Å². The van der Waals surface area contributed by atoms with Gasteiger partial charge in [0.05, 0.1) is 38.8 Å². The van der Waals surface area contributed by atoms with Crippen molar-refractivity contribution < 1.29 is 40.8 Å². The molecule has 4 fully saturated rings. The number of pyridine rings is 2. The van der Waals surface area contributed by atoms with Crippen LogP contribution in [0.25, 0.3) is 11.0 Å². The number of rotatable bonds is 16. The quantitative estimate of drug-likeness (QED) is 0.0523. The van der Waals surface area contributed by atoms with Gasteiger partial charge in [0.25, 0.3) is 15.9 Å². The molecule has 4 aliphatic rings. The lowest BCUT2D eigenvalue weighted by atomic mass is 9.59. The van der Waals surface area contributed by atoms with E-state index in [1.54, 1.807) is 31.2 Å². The molecule has 4 N–H and O–H groups in total. The summed E-state index contributed by atoms with van der Waals surface area (Å²) in [7, 11) is -8.01. The number of aromatic amines is 1. The summed E-state index contributed by atoms with van der Waals surface area (Å²) in [5.41, 5.74) is 3.45. The fourth-order valence-electron chi connectivity index (χ4n) is 11.9. The Balaban J connectivity index is 0.836. The fourth-order valence-corrected chi connectivity index (χ4v) is 13.5. The molecule has 0 bridgehead atoms. The third kappa shape index (κ3) is 11.8. The van der Waals surface area contributed by atoms with Crippen LogP contribution < -0.4 is 19.7 Å². The Labute approximate surface area is 448 Å². The molecule has 21 heteroatoms. The number of nitrogens with zero attached hydrogens (tertiary/aromatic N) is 6. The maximum absolute atomic E-state index is 14.7. The summed E-state index contributed by atoms with van der Waals surface area (Å²) in [6, 6.07) is 23.7. The van der Waals surface area contributed by atoms with Crippen LogP contribution in [-0.2, 0) is 26.4 Å². The Hall–Kier alpha value is -6.52. The SMILES string of the molecule is CC(C)c1ccccc1[C@@H]1CN(Cc2ccc(S(C)(=O)=O)cc2)CCN1C1CC2(CCN(c3ccc(C(=O)NS(=O)(=O)c4cnc(NCC5CCC(C)(O)CC5)c([N+](=O)[O-])c4)c(Oc4cnc5[nH]cc(F)c5c4)c3)CC2)C1. The lowest BCUT2D eigenvalue weighted by Crippen LogP contribution is -2.60. The summed E-state index contributed by atoms with van der Waals surface area (Å²) in [4.78, 5) is 43.8. The molecule has 2 aliphatic carbocycles. The van der Waals surface area contributed by atoms with Gasteiger partial charge in [-0.05, 0) is 123 Å². The zero-order valence-corrected chi connectivity index (χ0v) is 45.4. The van der Waals surface area contributed by atoms with E-state index in [1.165, 1.54) is 41.9 Å². The minimum absolute atomic E-state index is 0.0121. The van der Waals surface area contributed by atoms with Crippen molar-refractivity contribution in [2.24, 2.45) is 11.3 Å². The minimum Gasteiger partial charge on any atom is -0.455 e. The third-order valence-corrected chi connectivity index (χ3v) is 18.9. The van der Waals surface area contributed by atoms with E-state index in [4.69, 9.17) is 4.74 Å². The first-order valence-electron chi connectivity index (χ1n) is 26.4. The van der Waals surface area contributed by atoms with E-state index in [-0.39, 0.29) is 51.3 Å². The standard InChI is InChI=1S/C56H66FN9O9S2/c1-36(2)44-7-5-6-8-45(44)50-35-63(34-38-9-12-42(13-10-38)76(4,71)72)23-24-65(50)40-28-56(29-40)19-21-64(22-20-56)39-11-14-46(51(25-39)75-41-26-47-48(57)33-61-52(47)59-31-41)54(67)62-77(73,74)43-27-49(66(69)70)53(60-32-43)58-30-37-15-17-55(3,68)18-16-37/h5-14,25-27,31-33,36-37,40,50,68H,15-24,28-30,34-35H2,1-4H3,(H,58,60)(H,59,61)(H,62,67)/t37?,50-,55?/m0/s1. The number of hydrogen-bond donors (Lipinski definition) is 4. The lowest BCUT2D eigenvalue weighted by molar-refractivity contribution is -0.384.